The molecule has 0 unspecified atom stereocenters. The maximum Gasteiger partial charge on any atom is 0.362 e. The van der Waals surface area contributed by atoms with Crippen LogP contribution in [0.4, 0.5) is 0 Å². The zero-order chi connectivity index (χ0) is 13.1. The van der Waals surface area contributed by atoms with Gasteiger partial charge in [0.05, 0.1) is 0 Å². The van der Waals surface area contributed by atoms with Gasteiger partial charge in [0, 0.05) is 0 Å². The smallest absolute Gasteiger partial charge is 0.362 e. The zero-order valence-corrected chi connectivity index (χ0v) is 10.1. The van der Waals surface area contributed by atoms with Crippen LogP contribution in [0.25, 0.3) is 23.3 Å². The summed E-state index contributed by atoms with van der Waals surface area (Å²) < 4.78 is 5.21. The van der Waals surface area contributed by atoms with E-state index in [1.807, 2.05) is 54.6 Å². The highest BCUT2D eigenvalue weighted by Gasteiger charge is 2.03. The Morgan fingerprint density at radius 3 is 2.47 bits per heavy atom. The molecule has 2 aromatic carbocycles. The van der Waals surface area contributed by atoms with Crippen LogP contribution in [0, 0.1) is 0 Å². The van der Waals surface area contributed by atoms with E-state index in [0.717, 1.165) is 5.56 Å². The zero-order valence-electron chi connectivity index (χ0n) is 10.1. The molecular weight excluding hydrogens is 238 g/mol. The van der Waals surface area contributed by atoms with E-state index in [2.05, 4.69) is 4.98 Å². The van der Waals surface area contributed by atoms with Crippen molar-refractivity contribution < 1.29 is 4.42 Å². The minimum atomic E-state index is -0.425. The molecule has 3 rings (SSSR count). The molecule has 3 heteroatoms. The molecule has 0 radical (unpaired) electrons. The second-order valence-electron chi connectivity index (χ2n) is 4.10. The highest BCUT2D eigenvalue weighted by atomic mass is 16.4. The molecule has 0 saturated carbocycles. The van der Waals surface area contributed by atoms with Crippen LogP contribution in [-0.2, 0) is 0 Å². The molecule has 1 aromatic heterocycles. The summed E-state index contributed by atoms with van der Waals surface area (Å²) in [5.41, 5.74) is 2.07. The molecule has 0 spiro atoms. The van der Waals surface area contributed by atoms with E-state index in [-0.39, 0.29) is 0 Å². The molecular formula is C16H11NO2. The average molecular weight is 249 g/mol. The van der Waals surface area contributed by atoms with Gasteiger partial charge in [0.15, 0.2) is 5.58 Å². The third-order valence-electron chi connectivity index (χ3n) is 2.75. The number of benzene rings is 2. The van der Waals surface area contributed by atoms with Crippen LogP contribution in [0.15, 0.2) is 63.8 Å². The Balaban J connectivity index is 2.04. The normalized spacial score (nSPS) is 11.2. The highest BCUT2D eigenvalue weighted by molar-refractivity contribution is 5.74. The standard InChI is InChI=1S/C16H11NO2/c18-16-14(11-10-12-6-2-1-3-7-12)17-13-8-4-5-9-15(13)19-16/h1-11H. The summed E-state index contributed by atoms with van der Waals surface area (Å²) in [4.78, 5) is 16.1. The van der Waals surface area contributed by atoms with Crippen LogP contribution in [0.5, 0.6) is 0 Å². The molecule has 0 aliphatic rings. The number of hydrogen-bond acceptors (Lipinski definition) is 3. The topological polar surface area (TPSA) is 43.1 Å². The van der Waals surface area contributed by atoms with Crippen LogP contribution >= 0.6 is 0 Å². The van der Waals surface area contributed by atoms with Crippen molar-refractivity contribution in [2.45, 2.75) is 0 Å². The van der Waals surface area contributed by atoms with Crippen LogP contribution in [-0.4, -0.2) is 4.98 Å². The van der Waals surface area contributed by atoms with Gasteiger partial charge >= 0.3 is 5.63 Å². The van der Waals surface area contributed by atoms with Crippen molar-refractivity contribution in [3.63, 3.8) is 0 Å². The Morgan fingerprint density at radius 1 is 0.895 bits per heavy atom. The Morgan fingerprint density at radius 2 is 1.63 bits per heavy atom. The minimum absolute atomic E-state index is 0.308. The lowest BCUT2D eigenvalue weighted by Gasteiger charge is -1.97. The third kappa shape index (κ3) is 2.45. The molecule has 0 fully saturated rings. The van der Waals surface area contributed by atoms with Gasteiger partial charge in [-0.05, 0) is 23.8 Å². The molecule has 0 atom stereocenters. The lowest BCUT2D eigenvalue weighted by atomic mass is 10.2. The van der Waals surface area contributed by atoms with Crippen LogP contribution in [0.2, 0.25) is 0 Å². The van der Waals surface area contributed by atoms with E-state index in [1.54, 1.807) is 12.1 Å². The van der Waals surface area contributed by atoms with Gasteiger partial charge in [-0.3, -0.25) is 0 Å². The second kappa shape index (κ2) is 4.90. The molecule has 0 saturated heterocycles. The summed E-state index contributed by atoms with van der Waals surface area (Å²) >= 11 is 0. The first-order chi connectivity index (χ1) is 9.33. The van der Waals surface area contributed by atoms with Crippen molar-refractivity contribution in [1.29, 1.82) is 0 Å². The molecule has 0 aliphatic carbocycles. The van der Waals surface area contributed by atoms with Gasteiger partial charge in [-0.25, -0.2) is 9.78 Å². The number of aromatic nitrogens is 1. The fourth-order valence-electron chi connectivity index (χ4n) is 1.81. The number of para-hydroxylation sites is 2. The maximum atomic E-state index is 11.8. The summed E-state index contributed by atoms with van der Waals surface area (Å²) in [5, 5.41) is 0. The van der Waals surface area contributed by atoms with Crippen LogP contribution in [0.1, 0.15) is 11.3 Å². The predicted molar refractivity (Wildman–Crippen MR) is 75.6 cm³/mol. The Bertz CT molecular complexity index is 788. The summed E-state index contributed by atoms with van der Waals surface area (Å²) in [6, 6.07) is 17.0. The maximum absolute atomic E-state index is 11.8. The first-order valence-electron chi connectivity index (χ1n) is 5.96. The van der Waals surface area contributed by atoms with E-state index in [4.69, 9.17) is 4.42 Å². The SMILES string of the molecule is O=c1oc2ccccc2nc1C=Cc1ccccc1. The fraction of sp³-hybridized carbons (Fsp3) is 0. The van der Waals surface area contributed by atoms with Gasteiger partial charge in [-0.2, -0.15) is 0 Å². The van der Waals surface area contributed by atoms with Gasteiger partial charge in [0.2, 0.25) is 0 Å². The molecule has 1 heterocycles. The summed E-state index contributed by atoms with van der Waals surface area (Å²) in [5.74, 6) is 0. The molecule has 0 N–H and O–H groups in total. The van der Waals surface area contributed by atoms with E-state index in [1.165, 1.54) is 0 Å². The molecule has 3 aromatic rings. The van der Waals surface area contributed by atoms with E-state index >= 15 is 0 Å². The Hall–Kier alpha value is -2.68. The number of fused-ring (bicyclic) bond motifs is 1. The van der Waals surface area contributed by atoms with Crippen molar-refractivity contribution in [2.24, 2.45) is 0 Å². The van der Waals surface area contributed by atoms with Gasteiger partial charge in [0.25, 0.3) is 0 Å². The lowest BCUT2D eigenvalue weighted by Crippen LogP contribution is -2.05. The number of rotatable bonds is 2. The number of hydrogen-bond donors (Lipinski definition) is 0. The third-order valence-corrected chi connectivity index (χ3v) is 2.75. The Kier molecular flexibility index (Phi) is 2.94. The van der Waals surface area contributed by atoms with Gasteiger partial charge in [-0.1, -0.05) is 48.5 Å². The largest absolute Gasteiger partial charge is 0.419 e. The summed E-state index contributed by atoms with van der Waals surface area (Å²) in [6.45, 7) is 0. The number of nitrogens with zero attached hydrogens (tertiary/aromatic N) is 1. The van der Waals surface area contributed by atoms with Crippen molar-refractivity contribution in [3.05, 3.63) is 76.3 Å². The van der Waals surface area contributed by atoms with Crippen LogP contribution < -0.4 is 5.63 Å². The molecule has 92 valence electrons. The summed E-state index contributed by atoms with van der Waals surface area (Å²) in [7, 11) is 0. The lowest BCUT2D eigenvalue weighted by molar-refractivity contribution is 0.552. The van der Waals surface area contributed by atoms with Crippen molar-refractivity contribution in [3.8, 4) is 0 Å². The predicted octanol–water partition coefficient (Wildman–Crippen LogP) is 3.36. The van der Waals surface area contributed by atoms with Crippen molar-refractivity contribution >= 4 is 23.3 Å². The first-order valence-corrected chi connectivity index (χ1v) is 5.96. The van der Waals surface area contributed by atoms with E-state index in [9.17, 15) is 4.79 Å². The summed E-state index contributed by atoms with van der Waals surface area (Å²) in [6.07, 6.45) is 3.52. The molecule has 0 aliphatic heterocycles. The highest BCUT2D eigenvalue weighted by Crippen LogP contribution is 2.10. The molecule has 0 amide bonds. The van der Waals surface area contributed by atoms with Gasteiger partial charge in [0.1, 0.15) is 11.2 Å². The molecule has 19 heavy (non-hydrogen) atoms. The second-order valence-corrected chi connectivity index (χ2v) is 4.10. The Labute approximate surface area is 109 Å². The van der Waals surface area contributed by atoms with Gasteiger partial charge in [-0.15, -0.1) is 0 Å². The molecule has 0 bridgehead atoms. The van der Waals surface area contributed by atoms with Gasteiger partial charge < -0.3 is 4.42 Å². The monoisotopic (exact) mass is 249 g/mol. The van der Waals surface area contributed by atoms with Crippen molar-refractivity contribution in [1.82, 2.24) is 4.98 Å². The average Bonchev–Trinajstić information content (AvgIpc) is 2.46. The van der Waals surface area contributed by atoms with E-state index < -0.39 is 5.63 Å². The fourth-order valence-corrected chi connectivity index (χ4v) is 1.81. The first kappa shape index (κ1) is 11.4. The minimum Gasteiger partial charge on any atom is -0.419 e. The van der Waals surface area contributed by atoms with Crippen molar-refractivity contribution in [2.75, 3.05) is 0 Å². The quantitative estimate of drug-likeness (QED) is 0.699. The molecule has 3 nitrogen and oxygen atoms in total. The van der Waals surface area contributed by atoms with Crippen LogP contribution in [0.3, 0.4) is 0 Å². The van der Waals surface area contributed by atoms with E-state index in [0.29, 0.717) is 16.8 Å².